The zero-order valence-electron chi connectivity index (χ0n) is 11.9. The second-order valence-electron chi connectivity index (χ2n) is 4.70. The number of hydrogen-bond acceptors (Lipinski definition) is 3. The summed E-state index contributed by atoms with van der Waals surface area (Å²) in [4.78, 5) is 22.8. The highest BCUT2D eigenvalue weighted by Gasteiger charge is 2.09. The molecule has 0 spiro atoms. The molecule has 0 aliphatic carbocycles. The molecule has 2 aromatic carbocycles. The van der Waals surface area contributed by atoms with Crippen molar-refractivity contribution < 1.29 is 18.7 Å². The first-order valence-electron chi connectivity index (χ1n) is 6.54. The van der Waals surface area contributed by atoms with Crippen LogP contribution in [0.5, 0.6) is 5.75 Å². The molecule has 0 saturated heterocycles. The number of anilines is 1. The summed E-state index contributed by atoms with van der Waals surface area (Å²) in [6.45, 7) is 1.37. The lowest BCUT2D eigenvalue weighted by molar-refractivity contribution is -0.119. The van der Waals surface area contributed by atoms with Crippen LogP contribution in [-0.4, -0.2) is 18.4 Å². The number of ether oxygens (including phenoxy) is 1. The Morgan fingerprint density at radius 2 is 2.00 bits per heavy atom. The molecular weight excluding hydrogens is 287 g/mol. The average Bonchev–Trinajstić information content (AvgIpc) is 2.49. The smallest absolute Gasteiger partial charge is 0.255 e. The predicted octanol–water partition coefficient (Wildman–Crippen LogP) is 2.25. The summed E-state index contributed by atoms with van der Waals surface area (Å²) >= 11 is 0. The molecule has 3 N–H and O–H groups in total. The molecular formula is C16H15FN2O3. The van der Waals surface area contributed by atoms with Crippen molar-refractivity contribution in [3.8, 4) is 5.75 Å². The van der Waals surface area contributed by atoms with Crippen LogP contribution in [0.4, 0.5) is 10.1 Å². The second-order valence-corrected chi connectivity index (χ2v) is 4.70. The van der Waals surface area contributed by atoms with Crippen LogP contribution in [-0.2, 0) is 4.79 Å². The standard InChI is InChI=1S/C16H15FN2O3/c1-10-5-6-12(8-14(10)17)19-16(21)11-3-2-4-13(7-11)22-9-15(18)20/h2-8H,9H2,1H3,(H2,18,20)(H,19,21). The number of rotatable bonds is 5. The number of amides is 2. The lowest BCUT2D eigenvalue weighted by Crippen LogP contribution is -2.20. The van der Waals surface area contributed by atoms with E-state index in [-0.39, 0.29) is 6.61 Å². The van der Waals surface area contributed by atoms with E-state index in [1.54, 1.807) is 37.3 Å². The van der Waals surface area contributed by atoms with Gasteiger partial charge in [-0.15, -0.1) is 0 Å². The Bertz CT molecular complexity index is 716. The molecule has 0 aromatic heterocycles. The van der Waals surface area contributed by atoms with Crippen molar-refractivity contribution in [1.82, 2.24) is 0 Å². The highest BCUT2D eigenvalue weighted by atomic mass is 19.1. The summed E-state index contributed by atoms with van der Waals surface area (Å²) in [6, 6.07) is 10.7. The topological polar surface area (TPSA) is 81.4 Å². The lowest BCUT2D eigenvalue weighted by Gasteiger charge is -2.08. The van der Waals surface area contributed by atoms with Gasteiger partial charge in [0.25, 0.3) is 11.8 Å². The fourth-order valence-electron chi connectivity index (χ4n) is 1.76. The van der Waals surface area contributed by atoms with Gasteiger partial charge in [-0.1, -0.05) is 12.1 Å². The molecule has 0 radical (unpaired) electrons. The Morgan fingerprint density at radius 3 is 2.68 bits per heavy atom. The van der Waals surface area contributed by atoms with Crippen molar-refractivity contribution >= 4 is 17.5 Å². The van der Waals surface area contributed by atoms with Gasteiger partial charge < -0.3 is 15.8 Å². The minimum atomic E-state index is -0.606. The van der Waals surface area contributed by atoms with Crippen LogP contribution >= 0.6 is 0 Å². The number of halogens is 1. The van der Waals surface area contributed by atoms with Crippen LogP contribution in [0.3, 0.4) is 0 Å². The molecule has 6 heteroatoms. The monoisotopic (exact) mass is 302 g/mol. The molecule has 22 heavy (non-hydrogen) atoms. The van der Waals surface area contributed by atoms with E-state index in [9.17, 15) is 14.0 Å². The second kappa shape index (κ2) is 6.71. The van der Waals surface area contributed by atoms with Crippen molar-refractivity contribution in [2.45, 2.75) is 6.92 Å². The summed E-state index contributed by atoms with van der Waals surface area (Å²) in [5.74, 6) is -1.06. The maximum atomic E-state index is 13.5. The predicted molar refractivity (Wildman–Crippen MR) is 80.2 cm³/mol. The fraction of sp³-hybridized carbons (Fsp3) is 0.125. The van der Waals surface area contributed by atoms with Gasteiger partial charge in [-0.3, -0.25) is 9.59 Å². The SMILES string of the molecule is Cc1ccc(NC(=O)c2cccc(OCC(N)=O)c2)cc1F. The number of nitrogens with one attached hydrogen (secondary N) is 1. The molecule has 0 fully saturated rings. The summed E-state index contributed by atoms with van der Waals surface area (Å²) in [5.41, 5.74) is 6.17. The summed E-state index contributed by atoms with van der Waals surface area (Å²) in [5, 5.41) is 2.59. The van der Waals surface area contributed by atoms with Crippen molar-refractivity contribution in [3.05, 3.63) is 59.4 Å². The van der Waals surface area contributed by atoms with Crippen LogP contribution in [0.1, 0.15) is 15.9 Å². The zero-order valence-corrected chi connectivity index (χ0v) is 11.9. The van der Waals surface area contributed by atoms with E-state index in [0.29, 0.717) is 22.6 Å². The van der Waals surface area contributed by atoms with Crippen LogP contribution in [0.2, 0.25) is 0 Å². The first-order valence-corrected chi connectivity index (χ1v) is 6.54. The lowest BCUT2D eigenvalue weighted by atomic mass is 10.1. The first kappa shape index (κ1) is 15.5. The molecule has 0 aliphatic rings. The third-order valence-corrected chi connectivity index (χ3v) is 2.91. The molecule has 2 aromatic rings. The van der Waals surface area contributed by atoms with Gasteiger partial charge in [-0.25, -0.2) is 4.39 Å². The van der Waals surface area contributed by atoms with Crippen molar-refractivity contribution in [1.29, 1.82) is 0 Å². The molecule has 0 saturated carbocycles. The maximum Gasteiger partial charge on any atom is 0.255 e. The molecule has 2 rings (SSSR count). The van der Waals surface area contributed by atoms with E-state index in [1.165, 1.54) is 12.1 Å². The van der Waals surface area contributed by atoms with Gasteiger partial charge in [-0.05, 0) is 42.8 Å². The van der Waals surface area contributed by atoms with E-state index >= 15 is 0 Å². The zero-order chi connectivity index (χ0) is 16.1. The van der Waals surface area contributed by atoms with Gasteiger partial charge in [0.15, 0.2) is 6.61 Å². The number of carbonyl (C=O) groups excluding carboxylic acids is 2. The van der Waals surface area contributed by atoms with Crippen molar-refractivity contribution in [2.75, 3.05) is 11.9 Å². The van der Waals surface area contributed by atoms with Gasteiger partial charge >= 0.3 is 0 Å². The number of primary amides is 1. The van der Waals surface area contributed by atoms with Gasteiger partial charge in [0.05, 0.1) is 0 Å². The molecule has 2 amide bonds. The number of benzene rings is 2. The molecule has 114 valence electrons. The van der Waals surface area contributed by atoms with Gasteiger partial charge in [0.2, 0.25) is 0 Å². The molecule has 0 heterocycles. The maximum absolute atomic E-state index is 13.5. The Morgan fingerprint density at radius 1 is 1.23 bits per heavy atom. The molecule has 0 atom stereocenters. The van der Waals surface area contributed by atoms with Gasteiger partial charge in [-0.2, -0.15) is 0 Å². The number of carbonyl (C=O) groups is 2. The van der Waals surface area contributed by atoms with Gasteiger partial charge in [0.1, 0.15) is 11.6 Å². The summed E-state index contributed by atoms with van der Waals surface area (Å²) in [7, 11) is 0. The van der Waals surface area contributed by atoms with Crippen LogP contribution in [0, 0.1) is 12.7 Å². The number of hydrogen-bond donors (Lipinski definition) is 2. The minimum absolute atomic E-state index is 0.270. The van der Waals surface area contributed by atoms with Crippen molar-refractivity contribution in [3.63, 3.8) is 0 Å². The Balaban J connectivity index is 2.10. The number of nitrogens with two attached hydrogens (primary N) is 1. The summed E-state index contributed by atoms with van der Waals surface area (Å²) < 4.78 is 18.6. The first-order chi connectivity index (χ1) is 10.5. The fourth-order valence-corrected chi connectivity index (χ4v) is 1.76. The summed E-state index contributed by atoms with van der Waals surface area (Å²) in [6.07, 6.45) is 0. The molecule has 0 aliphatic heterocycles. The van der Waals surface area contributed by atoms with Crippen LogP contribution in [0.15, 0.2) is 42.5 Å². The number of aryl methyl sites for hydroxylation is 1. The Hall–Kier alpha value is -2.89. The third-order valence-electron chi connectivity index (χ3n) is 2.91. The molecule has 0 bridgehead atoms. The molecule has 0 unspecified atom stereocenters. The van der Waals surface area contributed by atoms with E-state index in [4.69, 9.17) is 10.5 Å². The quantitative estimate of drug-likeness (QED) is 0.888. The van der Waals surface area contributed by atoms with Crippen molar-refractivity contribution in [2.24, 2.45) is 5.73 Å². The van der Waals surface area contributed by atoms with E-state index in [2.05, 4.69) is 5.32 Å². The Labute approximate surface area is 126 Å². The minimum Gasteiger partial charge on any atom is -0.484 e. The van der Waals surface area contributed by atoms with Gasteiger partial charge in [0, 0.05) is 11.3 Å². The van der Waals surface area contributed by atoms with E-state index in [0.717, 1.165) is 0 Å². The van der Waals surface area contributed by atoms with E-state index in [1.807, 2.05) is 0 Å². The Kier molecular flexibility index (Phi) is 4.73. The normalized spacial score (nSPS) is 10.1. The third kappa shape index (κ3) is 4.05. The molecule has 5 nitrogen and oxygen atoms in total. The van der Waals surface area contributed by atoms with Crippen LogP contribution < -0.4 is 15.8 Å². The largest absolute Gasteiger partial charge is 0.484 e. The van der Waals surface area contributed by atoms with E-state index < -0.39 is 17.6 Å². The highest BCUT2D eigenvalue weighted by molar-refractivity contribution is 6.04. The van der Waals surface area contributed by atoms with Crippen LogP contribution in [0.25, 0.3) is 0 Å². The average molecular weight is 302 g/mol. The highest BCUT2D eigenvalue weighted by Crippen LogP contribution is 2.17.